The number of fused-ring (bicyclic) bond motifs is 11. The van der Waals surface area contributed by atoms with Crippen LogP contribution in [0.25, 0.3) is 98.8 Å². The van der Waals surface area contributed by atoms with Gasteiger partial charge in [0.2, 0.25) is 0 Å². The monoisotopic (exact) mass is 702 g/mol. The average molecular weight is 703 g/mol. The van der Waals surface area contributed by atoms with Crippen molar-refractivity contribution in [3.05, 3.63) is 191 Å². The van der Waals surface area contributed by atoms with Crippen molar-refractivity contribution in [2.75, 3.05) is 0 Å². The molecule has 0 aliphatic heterocycles. The van der Waals surface area contributed by atoms with Gasteiger partial charge in [-0.1, -0.05) is 129 Å². The van der Waals surface area contributed by atoms with Gasteiger partial charge in [-0.3, -0.25) is 9.20 Å². The molecule has 12 rings (SSSR count). The lowest BCUT2D eigenvalue weighted by molar-refractivity contribution is 0.661. The molecule has 0 saturated heterocycles. The van der Waals surface area contributed by atoms with Gasteiger partial charge < -0.3 is 4.57 Å². The largest absolute Gasteiger partial charge is 0.309 e. The molecule has 1 aliphatic rings. The molecule has 1 aliphatic carbocycles. The summed E-state index contributed by atoms with van der Waals surface area (Å²) in [5, 5.41) is 7.59. The number of pyridine rings is 1. The van der Waals surface area contributed by atoms with Crippen molar-refractivity contribution in [2.24, 2.45) is 0 Å². The Balaban J connectivity index is 1.00. The molecule has 258 valence electrons. The third-order valence-electron chi connectivity index (χ3n) is 12.4. The summed E-state index contributed by atoms with van der Waals surface area (Å²) in [5.74, 6) is 0. The summed E-state index contributed by atoms with van der Waals surface area (Å²) in [5.41, 5.74) is 15.5. The van der Waals surface area contributed by atoms with Crippen molar-refractivity contribution in [2.45, 2.75) is 19.3 Å². The fraction of sp³-hybridized carbons (Fsp3) is 0.0577. The molecule has 3 nitrogen and oxygen atoms in total. The average Bonchev–Trinajstić information content (AvgIpc) is 3.82. The summed E-state index contributed by atoms with van der Waals surface area (Å²) in [6.07, 6.45) is 0. The quantitative estimate of drug-likeness (QED) is 0.168. The van der Waals surface area contributed by atoms with E-state index in [9.17, 15) is 4.79 Å². The zero-order valence-corrected chi connectivity index (χ0v) is 30.5. The number of rotatable bonds is 3. The van der Waals surface area contributed by atoms with Crippen LogP contribution in [0.2, 0.25) is 0 Å². The molecule has 0 saturated carbocycles. The highest BCUT2D eigenvalue weighted by Gasteiger charge is 2.36. The fourth-order valence-electron chi connectivity index (χ4n) is 9.85. The molecule has 3 heterocycles. The van der Waals surface area contributed by atoms with E-state index in [1.807, 2.05) is 22.6 Å². The first-order chi connectivity index (χ1) is 27.0. The van der Waals surface area contributed by atoms with Crippen LogP contribution in [0.15, 0.2) is 175 Å². The second kappa shape index (κ2) is 10.8. The van der Waals surface area contributed by atoms with Gasteiger partial charge in [-0.25, -0.2) is 0 Å². The van der Waals surface area contributed by atoms with Gasteiger partial charge in [0.05, 0.1) is 22.1 Å². The molecule has 0 radical (unpaired) electrons. The summed E-state index contributed by atoms with van der Waals surface area (Å²) in [6, 6.07) is 61.2. The van der Waals surface area contributed by atoms with Crippen molar-refractivity contribution >= 4 is 59.8 Å². The second-order valence-corrected chi connectivity index (χ2v) is 15.7. The molecular weight excluding hydrogens is 669 g/mol. The summed E-state index contributed by atoms with van der Waals surface area (Å²) >= 11 is 0. The molecule has 8 aromatic carbocycles. The van der Waals surface area contributed by atoms with Crippen LogP contribution in [0.4, 0.5) is 0 Å². The lowest BCUT2D eigenvalue weighted by Crippen LogP contribution is -2.14. The molecule has 55 heavy (non-hydrogen) atoms. The van der Waals surface area contributed by atoms with Gasteiger partial charge in [0, 0.05) is 43.4 Å². The van der Waals surface area contributed by atoms with E-state index in [-0.39, 0.29) is 11.0 Å². The van der Waals surface area contributed by atoms with Gasteiger partial charge in [-0.15, -0.1) is 0 Å². The Morgan fingerprint density at radius 3 is 1.85 bits per heavy atom. The van der Waals surface area contributed by atoms with Gasteiger partial charge in [-0.2, -0.15) is 0 Å². The predicted octanol–water partition coefficient (Wildman–Crippen LogP) is 12.9. The Hall–Kier alpha value is -6.97. The van der Waals surface area contributed by atoms with E-state index in [0.717, 1.165) is 65.9 Å². The fourth-order valence-corrected chi connectivity index (χ4v) is 9.85. The number of aromatic nitrogens is 2. The molecule has 0 fully saturated rings. The number of para-hydroxylation sites is 2. The highest BCUT2D eigenvalue weighted by atomic mass is 16.1. The van der Waals surface area contributed by atoms with Gasteiger partial charge in [0.25, 0.3) is 5.56 Å². The predicted molar refractivity (Wildman–Crippen MR) is 230 cm³/mol. The van der Waals surface area contributed by atoms with Gasteiger partial charge in [0.15, 0.2) is 0 Å². The van der Waals surface area contributed by atoms with Crippen LogP contribution in [-0.2, 0) is 5.41 Å². The maximum absolute atomic E-state index is 13.9. The van der Waals surface area contributed by atoms with Crippen LogP contribution < -0.4 is 5.56 Å². The molecule has 0 unspecified atom stereocenters. The minimum absolute atomic E-state index is 0.0328. The summed E-state index contributed by atoms with van der Waals surface area (Å²) < 4.78 is 4.36. The Morgan fingerprint density at radius 2 is 1.02 bits per heavy atom. The number of nitrogens with zero attached hydrogens (tertiary/aromatic N) is 2. The minimum Gasteiger partial charge on any atom is -0.309 e. The highest BCUT2D eigenvalue weighted by molar-refractivity contribution is 6.20. The smallest absolute Gasteiger partial charge is 0.263 e. The molecule has 0 spiro atoms. The van der Waals surface area contributed by atoms with Gasteiger partial charge in [-0.05, 0) is 104 Å². The first-order valence-electron chi connectivity index (χ1n) is 19.1. The molecule has 0 amide bonds. The lowest BCUT2D eigenvalue weighted by atomic mass is 9.82. The topological polar surface area (TPSA) is 26.4 Å². The van der Waals surface area contributed by atoms with Crippen LogP contribution in [0, 0.1) is 0 Å². The van der Waals surface area contributed by atoms with Gasteiger partial charge in [0.1, 0.15) is 0 Å². The Labute approximate surface area is 317 Å². The number of hydrogen-bond donors (Lipinski definition) is 0. The SMILES string of the molecule is CC1(C)c2ccccc2-c2cc3c4ccccc4n(-c4cccc(-c5cccc(-c6ccc7c(c6)c6cccc8c9ccccc9c(=O)n7c86)c5)c4)c3cc21. The Bertz CT molecular complexity index is 3490. The minimum atomic E-state index is -0.0827. The standard InChI is InChI=1S/C52H34N2O/c1-52(2)45-22-7-5-17-37(45)42-29-44-38-18-6-8-23-47(38)53(49(44)30-46(42)52)35-15-10-14-33(27-35)31-12-9-13-32(26-31)34-24-25-48-43(28-34)40-21-11-20-39-36-16-3-4-19-41(36)51(55)54(48)50(39)40/h3-30H,1-2H3. The van der Waals surface area contributed by atoms with Gasteiger partial charge >= 0.3 is 0 Å². The third kappa shape index (κ3) is 4.07. The number of benzene rings is 8. The van der Waals surface area contributed by atoms with E-state index in [0.29, 0.717) is 0 Å². The van der Waals surface area contributed by atoms with E-state index in [2.05, 4.69) is 170 Å². The summed E-state index contributed by atoms with van der Waals surface area (Å²) in [4.78, 5) is 13.9. The van der Waals surface area contributed by atoms with Crippen molar-refractivity contribution in [1.29, 1.82) is 0 Å². The van der Waals surface area contributed by atoms with E-state index >= 15 is 0 Å². The van der Waals surface area contributed by atoms with E-state index < -0.39 is 0 Å². The first-order valence-corrected chi connectivity index (χ1v) is 19.1. The summed E-state index contributed by atoms with van der Waals surface area (Å²) in [6.45, 7) is 4.71. The van der Waals surface area contributed by atoms with Crippen molar-refractivity contribution in [3.63, 3.8) is 0 Å². The molecule has 3 heteroatoms. The molecule has 0 atom stereocenters. The van der Waals surface area contributed by atoms with Crippen LogP contribution in [-0.4, -0.2) is 8.97 Å². The van der Waals surface area contributed by atoms with Crippen LogP contribution >= 0.6 is 0 Å². The second-order valence-electron chi connectivity index (χ2n) is 15.7. The molecule has 0 bridgehead atoms. The first kappa shape index (κ1) is 30.5. The van der Waals surface area contributed by atoms with E-state index in [1.54, 1.807) is 0 Å². The molecular formula is C52H34N2O. The van der Waals surface area contributed by atoms with Crippen molar-refractivity contribution in [3.8, 4) is 39.1 Å². The maximum atomic E-state index is 13.9. The highest BCUT2D eigenvalue weighted by Crippen LogP contribution is 2.51. The van der Waals surface area contributed by atoms with Crippen molar-refractivity contribution < 1.29 is 0 Å². The van der Waals surface area contributed by atoms with Crippen LogP contribution in [0.3, 0.4) is 0 Å². The van der Waals surface area contributed by atoms with E-state index in [1.165, 1.54) is 44.1 Å². The maximum Gasteiger partial charge on any atom is 0.263 e. The van der Waals surface area contributed by atoms with E-state index in [4.69, 9.17) is 0 Å². The normalized spacial score (nSPS) is 13.5. The molecule has 11 aromatic rings. The number of hydrogen-bond acceptors (Lipinski definition) is 1. The molecule has 3 aromatic heterocycles. The zero-order valence-electron chi connectivity index (χ0n) is 30.5. The lowest BCUT2D eigenvalue weighted by Gasteiger charge is -2.21. The van der Waals surface area contributed by atoms with Crippen LogP contribution in [0.1, 0.15) is 25.0 Å². The summed E-state index contributed by atoms with van der Waals surface area (Å²) in [7, 11) is 0. The Morgan fingerprint density at radius 1 is 0.400 bits per heavy atom. The third-order valence-corrected chi connectivity index (χ3v) is 12.4. The van der Waals surface area contributed by atoms with Crippen molar-refractivity contribution in [1.82, 2.24) is 8.97 Å². The molecule has 0 N–H and O–H groups in total. The van der Waals surface area contributed by atoms with Crippen LogP contribution in [0.5, 0.6) is 0 Å². The zero-order chi connectivity index (χ0) is 36.6. The Kier molecular flexibility index (Phi) is 5.99.